The Morgan fingerprint density at radius 3 is 2.07 bits per heavy atom. The number of carbonyl (C=O) groups is 2. The van der Waals surface area contributed by atoms with Gasteiger partial charge in [-0.1, -0.05) is 80.9 Å². The van der Waals surface area contributed by atoms with E-state index in [1.54, 1.807) is 0 Å². The Bertz CT molecular complexity index is 756. The summed E-state index contributed by atoms with van der Waals surface area (Å²) < 4.78 is 5.82. The van der Waals surface area contributed by atoms with E-state index in [-0.39, 0.29) is 23.8 Å². The van der Waals surface area contributed by atoms with Crippen molar-refractivity contribution in [1.82, 2.24) is 5.32 Å². The second kappa shape index (κ2) is 8.85. The highest BCUT2D eigenvalue weighted by molar-refractivity contribution is 5.87. The van der Waals surface area contributed by atoms with Gasteiger partial charge in [0.15, 0.2) is 0 Å². The zero-order valence-electron chi connectivity index (χ0n) is 15.9. The molecule has 4 heteroatoms. The molecule has 3 rings (SSSR count). The highest BCUT2D eigenvalue weighted by Gasteiger charge is 2.34. The van der Waals surface area contributed by atoms with Crippen LogP contribution in [0.5, 0.6) is 0 Å². The Hall–Kier alpha value is -2.62. The summed E-state index contributed by atoms with van der Waals surface area (Å²) in [6.07, 6.45) is 1.90. The molecule has 27 heavy (non-hydrogen) atoms. The van der Waals surface area contributed by atoms with Crippen molar-refractivity contribution in [2.75, 3.05) is 0 Å². The molecule has 1 aliphatic carbocycles. The van der Waals surface area contributed by atoms with Crippen LogP contribution in [0.15, 0.2) is 60.7 Å². The Morgan fingerprint density at radius 1 is 1.00 bits per heavy atom. The molecule has 1 saturated carbocycles. The summed E-state index contributed by atoms with van der Waals surface area (Å²) in [5.41, 5.74) is 1.62. The van der Waals surface area contributed by atoms with Crippen molar-refractivity contribution >= 4 is 11.9 Å². The molecule has 142 valence electrons. The first-order valence-corrected chi connectivity index (χ1v) is 9.71. The minimum atomic E-state index is -0.922. The topological polar surface area (TPSA) is 55.4 Å². The summed E-state index contributed by atoms with van der Waals surface area (Å²) in [4.78, 5) is 25.9. The van der Waals surface area contributed by atoms with Crippen LogP contribution in [-0.4, -0.2) is 17.9 Å². The molecule has 0 aliphatic heterocycles. The standard InChI is InChI=1S/C23H27NO3/c1-3-16(2)20(17-10-6-4-7-11-17)23(26)27-21(18-12-8-5-9-13-18)22(25)24-19-14-15-19/h4-13,16,19-21H,3,14-15H2,1-2H3,(H,24,25)/t16-,20+,21-/m0/s1. The molecule has 0 radical (unpaired) electrons. The second-order valence-corrected chi connectivity index (χ2v) is 7.28. The smallest absolute Gasteiger partial charge is 0.314 e. The number of hydrogen-bond donors (Lipinski definition) is 1. The van der Waals surface area contributed by atoms with Gasteiger partial charge in [-0.25, -0.2) is 0 Å². The van der Waals surface area contributed by atoms with Crippen LogP contribution in [0, 0.1) is 5.92 Å². The summed E-state index contributed by atoms with van der Waals surface area (Å²) in [6.45, 7) is 4.10. The number of hydrogen-bond acceptors (Lipinski definition) is 3. The van der Waals surface area contributed by atoms with Crippen LogP contribution in [0.2, 0.25) is 0 Å². The van der Waals surface area contributed by atoms with Crippen molar-refractivity contribution < 1.29 is 14.3 Å². The fourth-order valence-corrected chi connectivity index (χ4v) is 3.19. The van der Waals surface area contributed by atoms with Crippen LogP contribution >= 0.6 is 0 Å². The van der Waals surface area contributed by atoms with Gasteiger partial charge >= 0.3 is 5.97 Å². The Kier molecular flexibility index (Phi) is 6.28. The molecule has 0 bridgehead atoms. The van der Waals surface area contributed by atoms with Crippen molar-refractivity contribution in [2.24, 2.45) is 5.92 Å². The predicted molar refractivity (Wildman–Crippen MR) is 105 cm³/mol. The van der Waals surface area contributed by atoms with Gasteiger partial charge in [0.1, 0.15) is 0 Å². The first kappa shape index (κ1) is 19.2. The average molecular weight is 365 g/mol. The SMILES string of the molecule is CC[C@H](C)[C@@H](C(=O)O[C@H](C(=O)NC1CC1)c1ccccc1)c1ccccc1. The summed E-state index contributed by atoms with van der Waals surface area (Å²) in [7, 11) is 0. The van der Waals surface area contributed by atoms with Gasteiger partial charge in [0.2, 0.25) is 6.10 Å². The van der Waals surface area contributed by atoms with E-state index < -0.39 is 12.0 Å². The van der Waals surface area contributed by atoms with Gasteiger partial charge in [0, 0.05) is 11.6 Å². The summed E-state index contributed by atoms with van der Waals surface area (Å²) >= 11 is 0. The fourth-order valence-electron chi connectivity index (χ4n) is 3.19. The van der Waals surface area contributed by atoms with Crippen LogP contribution in [0.1, 0.15) is 56.3 Å². The average Bonchev–Trinajstić information content (AvgIpc) is 3.51. The Labute approximate surface area is 160 Å². The van der Waals surface area contributed by atoms with Crippen LogP contribution in [0.4, 0.5) is 0 Å². The first-order chi connectivity index (χ1) is 13.1. The highest BCUT2D eigenvalue weighted by atomic mass is 16.5. The van der Waals surface area contributed by atoms with Gasteiger partial charge in [-0.3, -0.25) is 9.59 Å². The van der Waals surface area contributed by atoms with Gasteiger partial charge in [0.25, 0.3) is 5.91 Å². The minimum Gasteiger partial charge on any atom is -0.447 e. The van der Waals surface area contributed by atoms with Gasteiger partial charge in [-0.05, 0) is 24.3 Å². The van der Waals surface area contributed by atoms with E-state index >= 15 is 0 Å². The normalized spacial score (nSPS) is 16.8. The molecule has 1 aliphatic rings. The summed E-state index contributed by atoms with van der Waals surface area (Å²) in [5, 5.41) is 2.96. The lowest BCUT2D eigenvalue weighted by Crippen LogP contribution is -2.35. The number of esters is 1. The molecule has 1 N–H and O–H groups in total. The zero-order chi connectivity index (χ0) is 19.2. The second-order valence-electron chi connectivity index (χ2n) is 7.28. The highest BCUT2D eigenvalue weighted by Crippen LogP contribution is 2.31. The lowest BCUT2D eigenvalue weighted by atomic mass is 9.85. The van der Waals surface area contributed by atoms with E-state index in [2.05, 4.69) is 12.2 Å². The number of amides is 1. The Balaban J connectivity index is 1.84. The molecule has 0 aromatic heterocycles. The number of benzene rings is 2. The van der Waals surface area contributed by atoms with E-state index in [0.717, 1.165) is 24.8 Å². The van der Waals surface area contributed by atoms with Crippen LogP contribution in [-0.2, 0) is 14.3 Å². The van der Waals surface area contributed by atoms with Crippen molar-refractivity contribution in [3.63, 3.8) is 0 Å². The van der Waals surface area contributed by atoms with Crippen LogP contribution < -0.4 is 5.32 Å². The number of nitrogens with one attached hydrogen (secondary N) is 1. The van der Waals surface area contributed by atoms with E-state index in [0.29, 0.717) is 5.56 Å². The van der Waals surface area contributed by atoms with Gasteiger partial charge < -0.3 is 10.1 Å². The van der Waals surface area contributed by atoms with Crippen LogP contribution in [0.3, 0.4) is 0 Å². The molecule has 2 aromatic rings. The van der Waals surface area contributed by atoms with Gasteiger partial charge in [0.05, 0.1) is 5.92 Å². The quantitative estimate of drug-likeness (QED) is 0.706. The maximum Gasteiger partial charge on any atom is 0.314 e. The largest absolute Gasteiger partial charge is 0.447 e. The molecule has 0 heterocycles. The molecule has 0 unspecified atom stereocenters. The molecule has 0 spiro atoms. The molecular weight excluding hydrogens is 338 g/mol. The predicted octanol–water partition coefficient (Wildman–Crippen LogP) is 4.38. The van der Waals surface area contributed by atoms with Crippen molar-refractivity contribution in [1.29, 1.82) is 0 Å². The van der Waals surface area contributed by atoms with Crippen molar-refractivity contribution in [3.8, 4) is 0 Å². The number of rotatable bonds is 8. The van der Waals surface area contributed by atoms with Crippen molar-refractivity contribution in [2.45, 2.75) is 51.2 Å². The molecule has 1 amide bonds. The molecule has 2 aromatic carbocycles. The van der Waals surface area contributed by atoms with Crippen molar-refractivity contribution in [3.05, 3.63) is 71.8 Å². The third-order valence-electron chi connectivity index (χ3n) is 5.12. The lowest BCUT2D eigenvalue weighted by Gasteiger charge is -2.25. The summed E-state index contributed by atoms with van der Waals surface area (Å²) in [6, 6.07) is 19.1. The van der Waals surface area contributed by atoms with Gasteiger partial charge in [-0.2, -0.15) is 0 Å². The molecule has 1 fully saturated rings. The number of carbonyl (C=O) groups excluding carboxylic acids is 2. The lowest BCUT2D eigenvalue weighted by molar-refractivity contribution is -0.159. The molecular formula is C23H27NO3. The molecule has 0 saturated heterocycles. The van der Waals surface area contributed by atoms with E-state index in [4.69, 9.17) is 4.74 Å². The zero-order valence-corrected chi connectivity index (χ0v) is 15.9. The molecule has 3 atom stereocenters. The Morgan fingerprint density at radius 2 is 1.56 bits per heavy atom. The van der Waals surface area contributed by atoms with E-state index in [1.807, 2.05) is 67.6 Å². The third kappa shape index (κ3) is 4.97. The maximum absolute atomic E-state index is 13.1. The van der Waals surface area contributed by atoms with Gasteiger partial charge in [-0.15, -0.1) is 0 Å². The first-order valence-electron chi connectivity index (χ1n) is 9.71. The monoisotopic (exact) mass is 365 g/mol. The molecule has 4 nitrogen and oxygen atoms in total. The van der Waals surface area contributed by atoms with E-state index in [1.165, 1.54) is 0 Å². The summed E-state index contributed by atoms with van der Waals surface area (Å²) in [5.74, 6) is -0.873. The fraction of sp³-hybridized carbons (Fsp3) is 0.391. The van der Waals surface area contributed by atoms with Crippen LogP contribution in [0.25, 0.3) is 0 Å². The minimum absolute atomic E-state index is 0.114. The maximum atomic E-state index is 13.1. The third-order valence-corrected chi connectivity index (χ3v) is 5.12. The van der Waals surface area contributed by atoms with E-state index in [9.17, 15) is 9.59 Å². The number of ether oxygens (including phenoxy) is 1.